The number of hydrogen-bond acceptors (Lipinski definition) is 8. The minimum atomic E-state index is -1.09. The van der Waals surface area contributed by atoms with Crippen LogP contribution in [-0.2, 0) is 9.53 Å². The van der Waals surface area contributed by atoms with Crippen LogP contribution in [0.3, 0.4) is 0 Å². The number of amides is 1. The van der Waals surface area contributed by atoms with Crippen molar-refractivity contribution in [1.29, 1.82) is 0 Å². The first-order valence-electron chi connectivity index (χ1n) is 7.60. The molecule has 0 spiro atoms. The van der Waals surface area contributed by atoms with Crippen molar-refractivity contribution in [2.24, 2.45) is 0 Å². The van der Waals surface area contributed by atoms with Gasteiger partial charge in [0.1, 0.15) is 18.1 Å². The first-order valence-corrected chi connectivity index (χ1v) is 8.41. The van der Waals surface area contributed by atoms with Crippen LogP contribution in [0.2, 0.25) is 0 Å². The maximum Gasteiger partial charge on any atom is 0.349 e. The fraction of sp³-hybridized carbons (Fsp3) is 0.250. The molecule has 1 N–H and O–H groups in total. The molecule has 0 aliphatic carbocycles. The van der Waals surface area contributed by atoms with Crippen molar-refractivity contribution in [3.63, 3.8) is 0 Å². The lowest BCUT2D eigenvalue weighted by Crippen LogP contribution is -2.29. The summed E-state index contributed by atoms with van der Waals surface area (Å²) in [6.07, 6.45) is -1.09. The van der Waals surface area contributed by atoms with Crippen molar-refractivity contribution >= 4 is 33.9 Å². The van der Waals surface area contributed by atoms with Gasteiger partial charge in [-0.25, -0.2) is 4.79 Å². The van der Waals surface area contributed by atoms with E-state index in [0.717, 1.165) is 0 Å². The van der Waals surface area contributed by atoms with Crippen molar-refractivity contribution in [1.82, 2.24) is 0 Å². The summed E-state index contributed by atoms with van der Waals surface area (Å²) in [5, 5.41) is 13.1. The average Bonchev–Trinajstić information content (AvgIpc) is 3.12. The van der Waals surface area contributed by atoms with Gasteiger partial charge in [-0.3, -0.25) is 14.9 Å². The molecule has 1 aromatic heterocycles. The second-order valence-electron chi connectivity index (χ2n) is 5.29. The minimum Gasteiger partial charge on any atom is -0.486 e. The topological polar surface area (TPSA) is 117 Å². The van der Waals surface area contributed by atoms with Crippen LogP contribution in [0.15, 0.2) is 30.3 Å². The largest absolute Gasteiger partial charge is 0.486 e. The van der Waals surface area contributed by atoms with Crippen molar-refractivity contribution in [3.05, 3.63) is 45.3 Å². The number of fused-ring (bicyclic) bond motifs is 1. The first-order chi connectivity index (χ1) is 12.4. The van der Waals surface area contributed by atoms with Gasteiger partial charge in [-0.15, -0.1) is 0 Å². The molecule has 0 bridgehead atoms. The fourth-order valence-corrected chi connectivity index (χ4v) is 2.88. The molecule has 136 valence electrons. The number of ether oxygens (including phenoxy) is 3. The number of benzene rings is 1. The molecular weight excluding hydrogens is 364 g/mol. The lowest BCUT2D eigenvalue weighted by Gasteiger charge is -2.19. The van der Waals surface area contributed by atoms with Crippen LogP contribution in [0.1, 0.15) is 16.6 Å². The molecule has 0 unspecified atom stereocenters. The number of thiophene rings is 1. The van der Waals surface area contributed by atoms with Crippen LogP contribution in [-0.4, -0.2) is 36.1 Å². The third-order valence-electron chi connectivity index (χ3n) is 3.44. The van der Waals surface area contributed by atoms with Crippen LogP contribution < -0.4 is 14.8 Å². The predicted octanol–water partition coefficient (Wildman–Crippen LogP) is 2.61. The molecule has 3 rings (SSSR count). The van der Waals surface area contributed by atoms with Crippen LogP contribution in [0, 0.1) is 10.1 Å². The Balaban J connectivity index is 1.60. The number of nitro groups is 1. The molecule has 1 amide bonds. The second kappa shape index (κ2) is 7.40. The highest BCUT2D eigenvalue weighted by atomic mass is 32.1. The summed E-state index contributed by atoms with van der Waals surface area (Å²) in [5.41, 5.74) is 0.467. The Kier molecular flexibility index (Phi) is 5.03. The summed E-state index contributed by atoms with van der Waals surface area (Å²) in [7, 11) is 0. The van der Waals surface area contributed by atoms with Gasteiger partial charge in [0.25, 0.3) is 5.91 Å². The zero-order chi connectivity index (χ0) is 18.7. The highest BCUT2D eigenvalue weighted by Gasteiger charge is 2.22. The smallest absolute Gasteiger partial charge is 0.349 e. The predicted molar refractivity (Wildman–Crippen MR) is 91.9 cm³/mol. The van der Waals surface area contributed by atoms with E-state index in [1.807, 2.05) is 0 Å². The molecular formula is C16H14N2O7S. The Morgan fingerprint density at radius 1 is 1.23 bits per heavy atom. The number of nitrogens with zero attached hydrogens (tertiary/aromatic N) is 1. The van der Waals surface area contributed by atoms with Crippen molar-refractivity contribution < 1.29 is 28.7 Å². The van der Waals surface area contributed by atoms with Crippen LogP contribution >= 0.6 is 11.3 Å². The second-order valence-corrected chi connectivity index (χ2v) is 6.35. The molecule has 1 atom stereocenters. The van der Waals surface area contributed by atoms with E-state index >= 15 is 0 Å². The lowest BCUT2D eigenvalue weighted by atomic mass is 10.2. The van der Waals surface area contributed by atoms with E-state index in [1.54, 1.807) is 18.2 Å². The molecule has 0 fully saturated rings. The number of esters is 1. The summed E-state index contributed by atoms with van der Waals surface area (Å²) >= 11 is 0.686. The number of rotatable bonds is 5. The molecule has 0 saturated carbocycles. The van der Waals surface area contributed by atoms with Gasteiger partial charge in [0.05, 0.1) is 4.92 Å². The van der Waals surface area contributed by atoms with Gasteiger partial charge in [0, 0.05) is 17.8 Å². The molecule has 1 aliphatic heterocycles. The molecule has 1 aliphatic rings. The fourth-order valence-electron chi connectivity index (χ4n) is 2.17. The molecule has 2 heterocycles. The number of carbonyl (C=O) groups excluding carboxylic acids is 2. The van der Waals surface area contributed by atoms with E-state index < -0.39 is 22.9 Å². The summed E-state index contributed by atoms with van der Waals surface area (Å²) in [5.74, 6) is -0.230. The maximum atomic E-state index is 12.2. The number of nitrogens with one attached hydrogen (secondary N) is 1. The SMILES string of the molecule is C[C@@H](OC(=O)c1ccc([N+](=O)[O-])s1)C(=O)Nc1ccc2c(c1)OCCO2. The van der Waals surface area contributed by atoms with Gasteiger partial charge < -0.3 is 19.5 Å². The van der Waals surface area contributed by atoms with E-state index in [0.29, 0.717) is 41.7 Å². The average molecular weight is 378 g/mol. The van der Waals surface area contributed by atoms with Gasteiger partial charge in [-0.1, -0.05) is 11.3 Å². The van der Waals surface area contributed by atoms with Gasteiger partial charge in [-0.2, -0.15) is 0 Å². The Morgan fingerprint density at radius 2 is 1.96 bits per heavy atom. The van der Waals surface area contributed by atoms with Gasteiger partial charge >= 0.3 is 11.0 Å². The molecule has 10 heteroatoms. The van der Waals surface area contributed by atoms with Crippen molar-refractivity contribution in [3.8, 4) is 11.5 Å². The quantitative estimate of drug-likeness (QED) is 0.483. The normalized spacial score (nSPS) is 13.6. The van der Waals surface area contributed by atoms with Gasteiger partial charge in [0.15, 0.2) is 17.6 Å². The standard InChI is InChI=1S/C16H14N2O7S/c1-9(25-16(20)13-4-5-14(26-13)18(21)22)15(19)17-10-2-3-11-12(8-10)24-7-6-23-11/h2-5,8-9H,6-7H2,1H3,(H,17,19)/t9-/m1/s1. The highest BCUT2D eigenvalue weighted by Crippen LogP contribution is 2.32. The maximum absolute atomic E-state index is 12.2. The molecule has 1 aromatic carbocycles. The minimum absolute atomic E-state index is 0.0516. The number of hydrogen-bond donors (Lipinski definition) is 1. The van der Waals surface area contributed by atoms with Crippen molar-refractivity contribution in [2.45, 2.75) is 13.0 Å². The highest BCUT2D eigenvalue weighted by molar-refractivity contribution is 7.17. The Morgan fingerprint density at radius 3 is 2.65 bits per heavy atom. The van der Waals surface area contributed by atoms with Crippen molar-refractivity contribution in [2.75, 3.05) is 18.5 Å². The van der Waals surface area contributed by atoms with Gasteiger partial charge in [0.2, 0.25) is 0 Å². The van der Waals surface area contributed by atoms with Crippen LogP contribution in [0.5, 0.6) is 11.5 Å². The zero-order valence-electron chi connectivity index (χ0n) is 13.6. The Bertz CT molecular complexity index is 864. The van der Waals surface area contributed by atoms with E-state index in [4.69, 9.17) is 14.2 Å². The van der Waals surface area contributed by atoms with Crippen LogP contribution in [0.25, 0.3) is 0 Å². The number of anilines is 1. The third kappa shape index (κ3) is 3.91. The molecule has 2 aromatic rings. The Hall–Kier alpha value is -3.14. The zero-order valence-corrected chi connectivity index (χ0v) is 14.4. The summed E-state index contributed by atoms with van der Waals surface area (Å²) in [4.78, 5) is 34.3. The molecule has 0 saturated heterocycles. The Labute approximate surface area is 151 Å². The van der Waals surface area contributed by atoms with E-state index in [2.05, 4.69) is 5.32 Å². The molecule has 26 heavy (non-hydrogen) atoms. The van der Waals surface area contributed by atoms with Crippen LogP contribution in [0.4, 0.5) is 10.7 Å². The lowest BCUT2D eigenvalue weighted by molar-refractivity contribution is -0.380. The third-order valence-corrected chi connectivity index (χ3v) is 4.45. The monoisotopic (exact) mass is 378 g/mol. The first kappa shape index (κ1) is 17.7. The summed E-state index contributed by atoms with van der Waals surface area (Å²) in [6.45, 7) is 2.30. The molecule has 9 nitrogen and oxygen atoms in total. The van der Waals surface area contributed by atoms with E-state index in [-0.39, 0.29) is 9.88 Å². The van der Waals surface area contributed by atoms with E-state index in [9.17, 15) is 19.7 Å². The summed E-state index contributed by atoms with van der Waals surface area (Å²) in [6, 6.07) is 7.43. The number of carbonyl (C=O) groups is 2. The van der Waals surface area contributed by atoms with Gasteiger partial charge in [-0.05, 0) is 25.1 Å². The van der Waals surface area contributed by atoms with E-state index in [1.165, 1.54) is 19.1 Å². The molecule has 0 radical (unpaired) electrons. The summed E-state index contributed by atoms with van der Waals surface area (Å²) < 4.78 is 15.9.